The lowest BCUT2D eigenvalue weighted by atomic mass is 10.2. The number of piperazine rings is 1. The highest BCUT2D eigenvalue weighted by molar-refractivity contribution is 7.19. The van der Waals surface area contributed by atoms with E-state index in [2.05, 4.69) is 0 Å². The predicted octanol–water partition coefficient (Wildman–Crippen LogP) is 3.64. The molecule has 0 unspecified atom stereocenters. The van der Waals surface area contributed by atoms with Gasteiger partial charge in [-0.1, -0.05) is 6.07 Å². The largest absolute Gasteiger partial charge is 0.339 e. The number of fused-ring (bicyclic) bond motifs is 1. The Labute approximate surface area is 171 Å². The molecule has 29 heavy (non-hydrogen) atoms. The summed E-state index contributed by atoms with van der Waals surface area (Å²) in [6.45, 7) is 5.76. The minimum absolute atomic E-state index is 0.00907. The lowest BCUT2D eigenvalue weighted by molar-refractivity contribution is -0.130. The van der Waals surface area contributed by atoms with Gasteiger partial charge in [0.1, 0.15) is 5.69 Å². The topological polar surface area (TPSA) is 45.6 Å². The number of hydrogen-bond acceptors (Lipinski definition) is 3. The van der Waals surface area contributed by atoms with Crippen molar-refractivity contribution in [2.24, 2.45) is 0 Å². The molecule has 2 aromatic heterocycles. The summed E-state index contributed by atoms with van der Waals surface area (Å²) in [4.78, 5) is 29.3. The summed E-state index contributed by atoms with van der Waals surface area (Å²) in [6.07, 6.45) is 0. The van der Waals surface area contributed by atoms with Crippen LogP contribution in [-0.4, -0.2) is 52.4 Å². The Kier molecular flexibility index (Phi) is 5.12. The van der Waals surface area contributed by atoms with Gasteiger partial charge in [0.25, 0.3) is 5.91 Å². The van der Waals surface area contributed by atoms with Crippen LogP contribution in [0.3, 0.4) is 0 Å². The molecule has 2 amide bonds. The summed E-state index contributed by atoms with van der Waals surface area (Å²) in [6, 6.07) is 7.67. The number of aryl methyl sites for hydroxylation is 1. The first-order chi connectivity index (χ1) is 13.8. The van der Waals surface area contributed by atoms with E-state index in [0.29, 0.717) is 37.4 Å². The van der Waals surface area contributed by atoms with Gasteiger partial charge in [-0.3, -0.25) is 9.59 Å². The van der Waals surface area contributed by atoms with Crippen LogP contribution in [0.5, 0.6) is 0 Å². The van der Waals surface area contributed by atoms with E-state index in [0.717, 1.165) is 21.2 Å². The first-order valence-electron chi connectivity index (χ1n) is 9.42. The van der Waals surface area contributed by atoms with Crippen molar-refractivity contribution >= 4 is 33.4 Å². The van der Waals surface area contributed by atoms with Crippen LogP contribution in [-0.2, 0) is 11.3 Å². The predicted molar refractivity (Wildman–Crippen MR) is 108 cm³/mol. The second kappa shape index (κ2) is 7.59. The fraction of sp³-hybridized carbons (Fsp3) is 0.333. The van der Waals surface area contributed by atoms with E-state index >= 15 is 0 Å². The first-order valence-corrected chi connectivity index (χ1v) is 10.2. The van der Waals surface area contributed by atoms with Crippen molar-refractivity contribution in [1.29, 1.82) is 0 Å². The van der Waals surface area contributed by atoms with Gasteiger partial charge in [-0.2, -0.15) is 0 Å². The highest BCUT2D eigenvalue weighted by atomic mass is 32.1. The molecule has 8 heteroatoms. The van der Waals surface area contributed by atoms with E-state index in [1.54, 1.807) is 21.1 Å². The van der Waals surface area contributed by atoms with Gasteiger partial charge in [-0.15, -0.1) is 11.3 Å². The third kappa shape index (κ3) is 3.76. The molecule has 1 aliphatic heterocycles. The molecule has 5 nitrogen and oxygen atoms in total. The third-order valence-corrected chi connectivity index (χ3v) is 6.26. The van der Waals surface area contributed by atoms with Crippen LogP contribution in [0, 0.1) is 18.6 Å². The number of halogens is 2. The van der Waals surface area contributed by atoms with Gasteiger partial charge in [-0.25, -0.2) is 8.78 Å². The molecule has 0 bridgehead atoms. The van der Waals surface area contributed by atoms with E-state index in [1.165, 1.54) is 19.1 Å². The minimum Gasteiger partial charge on any atom is -0.339 e. The molecule has 0 atom stereocenters. The normalized spacial score (nSPS) is 14.6. The molecular formula is C21H21F2N3O2S. The molecule has 1 saturated heterocycles. The number of thiophene rings is 1. The Hall–Kier alpha value is -2.74. The number of benzene rings is 1. The Bertz CT molecular complexity index is 1100. The van der Waals surface area contributed by atoms with Crippen LogP contribution in [0.4, 0.5) is 8.78 Å². The van der Waals surface area contributed by atoms with Crippen molar-refractivity contribution in [3.8, 4) is 0 Å². The molecule has 3 aromatic rings. The first kappa shape index (κ1) is 19.6. The zero-order chi connectivity index (χ0) is 20.7. The van der Waals surface area contributed by atoms with E-state index in [9.17, 15) is 18.4 Å². The van der Waals surface area contributed by atoms with E-state index in [4.69, 9.17) is 0 Å². The van der Waals surface area contributed by atoms with Gasteiger partial charge in [0, 0.05) is 44.5 Å². The maximum atomic E-state index is 13.7. The number of aromatic nitrogens is 1. The average molecular weight is 417 g/mol. The van der Waals surface area contributed by atoms with Crippen LogP contribution >= 0.6 is 11.3 Å². The number of hydrogen-bond donors (Lipinski definition) is 0. The minimum atomic E-state index is -0.902. The fourth-order valence-corrected chi connectivity index (χ4v) is 4.68. The molecule has 1 fully saturated rings. The fourth-order valence-electron chi connectivity index (χ4n) is 3.72. The Morgan fingerprint density at radius 1 is 1.00 bits per heavy atom. The lowest BCUT2D eigenvalue weighted by Gasteiger charge is -2.34. The second-order valence-corrected chi connectivity index (χ2v) is 8.56. The van der Waals surface area contributed by atoms with Crippen molar-refractivity contribution in [2.45, 2.75) is 20.4 Å². The van der Waals surface area contributed by atoms with Gasteiger partial charge >= 0.3 is 0 Å². The van der Waals surface area contributed by atoms with Gasteiger partial charge in [0.15, 0.2) is 11.6 Å². The van der Waals surface area contributed by atoms with Crippen molar-refractivity contribution in [1.82, 2.24) is 14.4 Å². The molecule has 0 N–H and O–H groups in total. The molecule has 0 saturated carbocycles. The van der Waals surface area contributed by atoms with Crippen molar-refractivity contribution in [2.75, 3.05) is 26.2 Å². The monoisotopic (exact) mass is 417 g/mol. The molecule has 0 radical (unpaired) electrons. The van der Waals surface area contributed by atoms with E-state index in [-0.39, 0.29) is 18.4 Å². The number of amides is 2. The maximum absolute atomic E-state index is 13.7. The summed E-state index contributed by atoms with van der Waals surface area (Å²) in [7, 11) is 0. The van der Waals surface area contributed by atoms with Crippen molar-refractivity contribution < 1.29 is 18.4 Å². The van der Waals surface area contributed by atoms with Crippen molar-refractivity contribution in [3.63, 3.8) is 0 Å². The van der Waals surface area contributed by atoms with Gasteiger partial charge in [0.05, 0.1) is 10.2 Å². The number of carbonyl (C=O) groups excluding carboxylic acids is 2. The Balaban J connectivity index is 1.66. The second-order valence-electron chi connectivity index (χ2n) is 7.27. The molecule has 0 aliphatic carbocycles. The number of nitrogens with zero attached hydrogens (tertiary/aromatic N) is 3. The van der Waals surface area contributed by atoms with Crippen LogP contribution < -0.4 is 0 Å². The molecule has 0 spiro atoms. The molecule has 1 aliphatic rings. The van der Waals surface area contributed by atoms with Crippen LogP contribution in [0.1, 0.15) is 27.9 Å². The molecule has 4 rings (SSSR count). The van der Waals surface area contributed by atoms with Gasteiger partial charge in [-0.05, 0) is 36.8 Å². The number of rotatable bonds is 3. The summed E-state index contributed by atoms with van der Waals surface area (Å²) >= 11 is 1.59. The summed E-state index contributed by atoms with van der Waals surface area (Å²) in [5.41, 5.74) is 2.01. The standard InChI is InChI=1S/C21H21F2N3O2S/c1-13-9-18-20(29-13)11-19(21(28)25-7-5-24(6-8-25)14(2)27)26(18)12-15-3-4-16(22)17(23)10-15/h3-4,9-11H,5-8,12H2,1-2H3. The van der Waals surface area contributed by atoms with E-state index in [1.807, 2.05) is 23.6 Å². The quantitative estimate of drug-likeness (QED) is 0.653. The molecular weight excluding hydrogens is 396 g/mol. The average Bonchev–Trinajstić information content (AvgIpc) is 3.21. The highest BCUT2D eigenvalue weighted by Gasteiger charge is 2.26. The summed E-state index contributed by atoms with van der Waals surface area (Å²) in [5.74, 6) is -1.90. The molecule has 1 aromatic carbocycles. The highest BCUT2D eigenvalue weighted by Crippen LogP contribution is 2.30. The van der Waals surface area contributed by atoms with Crippen LogP contribution in [0.15, 0.2) is 30.3 Å². The SMILES string of the molecule is CC(=O)N1CCN(C(=O)c2cc3sc(C)cc3n2Cc2ccc(F)c(F)c2)CC1. The van der Waals surface area contributed by atoms with Gasteiger partial charge < -0.3 is 14.4 Å². The smallest absolute Gasteiger partial charge is 0.270 e. The maximum Gasteiger partial charge on any atom is 0.270 e. The Morgan fingerprint density at radius 3 is 2.34 bits per heavy atom. The number of carbonyl (C=O) groups is 2. The zero-order valence-corrected chi connectivity index (χ0v) is 17.1. The zero-order valence-electron chi connectivity index (χ0n) is 16.2. The third-order valence-electron chi connectivity index (χ3n) is 5.27. The van der Waals surface area contributed by atoms with Crippen LogP contribution in [0.25, 0.3) is 10.2 Å². The summed E-state index contributed by atoms with van der Waals surface area (Å²) < 4.78 is 29.8. The Morgan fingerprint density at radius 2 is 1.69 bits per heavy atom. The summed E-state index contributed by atoms with van der Waals surface area (Å²) in [5, 5.41) is 0. The van der Waals surface area contributed by atoms with E-state index < -0.39 is 11.6 Å². The molecule has 152 valence electrons. The van der Waals surface area contributed by atoms with Gasteiger partial charge in [0.2, 0.25) is 5.91 Å². The van der Waals surface area contributed by atoms with Crippen molar-refractivity contribution in [3.05, 3.63) is 58.1 Å². The molecule has 3 heterocycles. The lowest BCUT2D eigenvalue weighted by Crippen LogP contribution is -2.50. The van der Waals surface area contributed by atoms with Crippen LogP contribution in [0.2, 0.25) is 0 Å².